The van der Waals surface area contributed by atoms with Crippen LogP contribution in [0.2, 0.25) is 0 Å². The molecule has 1 N–H and O–H groups in total. The van der Waals surface area contributed by atoms with Gasteiger partial charge in [-0.3, -0.25) is 0 Å². The summed E-state index contributed by atoms with van der Waals surface area (Å²) >= 11 is 0. The van der Waals surface area contributed by atoms with E-state index >= 15 is 0 Å². The largest absolute Gasteiger partial charge is 0.453 e. The van der Waals surface area contributed by atoms with Crippen LogP contribution in [0.3, 0.4) is 0 Å². The Morgan fingerprint density at radius 3 is 2.57 bits per heavy atom. The third-order valence-electron chi connectivity index (χ3n) is 3.46. The molecule has 0 amide bonds. The van der Waals surface area contributed by atoms with Crippen molar-refractivity contribution >= 4 is 22.8 Å². The van der Waals surface area contributed by atoms with Crippen LogP contribution in [0.1, 0.15) is 19.4 Å². The number of aryl methyl sites for hydroxylation is 1. The van der Waals surface area contributed by atoms with Crippen molar-refractivity contribution in [1.29, 1.82) is 5.41 Å². The fourth-order valence-electron chi connectivity index (χ4n) is 2.12. The summed E-state index contributed by atoms with van der Waals surface area (Å²) in [5.74, 6) is 1.23. The number of hydrogen-bond donors (Lipinski definition) is 1. The monoisotopic (exact) mass is 283 g/mol. The molecule has 4 nitrogen and oxygen atoms in total. The number of nitrogens with zero attached hydrogens (tertiary/aromatic N) is 2. The third-order valence-corrected chi connectivity index (χ3v) is 3.46. The van der Waals surface area contributed by atoms with E-state index in [1.54, 1.807) is 6.92 Å². The van der Waals surface area contributed by atoms with Gasteiger partial charge >= 0.3 is 0 Å². The molecule has 2 rings (SSSR count). The molecule has 0 unspecified atom stereocenters. The lowest BCUT2D eigenvalue weighted by Gasteiger charge is -2.22. The lowest BCUT2D eigenvalue weighted by Crippen LogP contribution is -2.14. The number of aliphatic imine (C=N–C) groups is 1. The van der Waals surface area contributed by atoms with Crippen LogP contribution in [-0.4, -0.2) is 25.5 Å². The second-order valence-electron chi connectivity index (χ2n) is 5.48. The minimum Gasteiger partial charge on any atom is -0.453 e. The van der Waals surface area contributed by atoms with Gasteiger partial charge in [0.1, 0.15) is 17.2 Å². The molecule has 110 valence electrons. The molecule has 1 aromatic rings. The first-order valence-corrected chi connectivity index (χ1v) is 6.81. The fraction of sp³-hybridized carbons (Fsp3) is 0.294. The van der Waals surface area contributed by atoms with Crippen LogP contribution in [0.15, 0.2) is 41.1 Å². The highest BCUT2D eigenvalue weighted by atomic mass is 16.5. The van der Waals surface area contributed by atoms with E-state index in [0.29, 0.717) is 17.2 Å². The van der Waals surface area contributed by atoms with Gasteiger partial charge in [0.2, 0.25) is 0 Å². The molecular formula is C17H21N3O. The smallest absolute Gasteiger partial charge is 0.155 e. The predicted molar refractivity (Wildman–Crippen MR) is 89.5 cm³/mol. The van der Waals surface area contributed by atoms with Gasteiger partial charge in [0.25, 0.3) is 0 Å². The molecule has 4 heteroatoms. The molecule has 21 heavy (non-hydrogen) atoms. The summed E-state index contributed by atoms with van der Waals surface area (Å²) in [5.41, 5.74) is 5.07. The van der Waals surface area contributed by atoms with E-state index in [0.717, 1.165) is 28.3 Å². The topological polar surface area (TPSA) is 48.7 Å². The first kappa shape index (κ1) is 15.0. The average Bonchev–Trinajstić information content (AvgIpc) is 2.39. The van der Waals surface area contributed by atoms with Crippen molar-refractivity contribution in [2.45, 2.75) is 20.8 Å². The van der Waals surface area contributed by atoms with E-state index in [1.807, 2.05) is 44.1 Å². The summed E-state index contributed by atoms with van der Waals surface area (Å²) in [6.07, 6.45) is 1.84. The molecule has 0 fully saturated rings. The van der Waals surface area contributed by atoms with Gasteiger partial charge in [-0.25, -0.2) is 4.99 Å². The zero-order valence-electron chi connectivity index (χ0n) is 13.2. The lowest BCUT2D eigenvalue weighted by molar-refractivity contribution is 0.453. The van der Waals surface area contributed by atoms with Crippen LogP contribution in [0.5, 0.6) is 5.75 Å². The summed E-state index contributed by atoms with van der Waals surface area (Å²) in [7, 11) is 4.00. The van der Waals surface area contributed by atoms with Crippen molar-refractivity contribution in [1.82, 2.24) is 0 Å². The molecule has 1 aromatic carbocycles. The molecule has 0 bridgehead atoms. The minimum absolute atomic E-state index is 0.510. The Bertz CT molecular complexity index is 682. The molecule has 1 heterocycles. The second-order valence-corrected chi connectivity index (χ2v) is 5.48. The quantitative estimate of drug-likeness (QED) is 0.851. The van der Waals surface area contributed by atoms with E-state index in [4.69, 9.17) is 10.1 Å². The number of anilines is 1. The maximum absolute atomic E-state index is 7.64. The normalized spacial score (nSPS) is 14.2. The Balaban J connectivity index is 2.50. The van der Waals surface area contributed by atoms with Gasteiger partial charge in [-0.2, -0.15) is 0 Å². The van der Waals surface area contributed by atoms with Crippen LogP contribution in [-0.2, 0) is 0 Å². The molecule has 1 aliphatic heterocycles. The molecule has 0 aliphatic carbocycles. The highest BCUT2D eigenvalue weighted by Gasteiger charge is 2.18. The fourth-order valence-corrected chi connectivity index (χ4v) is 2.12. The number of hydrogen-bond acceptors (Lipinski definition) is 4. The first-order chi connectivity index (χ1) is 9.79. The van der Waals surface area contributed by atoms with E-state index in [9.17, 15) is 0 Å². The maximum atomic E-state index is 7.64. The highest BCUT2D eigenvalue weighted by molar-refractivity contribution is 6.13. The zero-order chi connectivity index (χ0) is 15.7. The number of nitrogens with one attached hydrogen (secondary N) is 1. The van der Waals surface area contributed by atoms with Crippen molar-refractivity contribution in [3.05, 3.63) is 41.7 Å². The Morgan fingerprint density at radius 2 is 2.00 bits per heavy atom. The number of rotatable bonds is 3. The Morgan fingerprint density at radius 1 is 1.33 bits per heavy atom. The second kappa shape index (κ2) is 5.56. The van der Waals surface area contributed by atoms with Crippen molar-refractivity contribution in [2.75, 3.05) is 19.0 Å². The van der Waals surface area contributed by atoms with Crippen molar-refractivity contribution in [3.63, 3.8) is 0 Å². The minimum atomic E-state index is 0.510. The van der Waals surface area contributed by atoms with E-state index in [2.05, 4.69) is 18.5 Å². The summed E-state index contributed by atoms with van der Waals surface area (Å²) in [5, 5.41) is 7.64. The van der Waals surface area contributed by atoms with Crippen molar-refractivity contribution in [2.24, 2.45) is 4.99 Å². The Kier molecular flexibility index (Phi) is 3.98. The number of ether oxygens (including phenoxy) is 1. The van der Waals surface area contributed by atoms with Crippen LogP contribution in [0.25, 0.3) is 0 Å². The standard InChI is InChI=1S/C17H21N3O/c1-10(12(3)18)7-14-13(4)21-17-9-16(20(5)6)11(2)8-15(17)19-14/h7-9,18H,4H2,1-3,5-6H3/b10-7-,18-12?. The van der Waals surface area contributed by atoms with Gasteiger partial charge in [-0.1, -0.05) is 6.58 Å². The Hall–Kier alpha value is -2.36. The van der Waals surface area contributed by atoms with E-state index in [1.165, 1.54) is 0 Å². The number of benzene rings is 1. The van der Waals surface area contributed by atoms with Crippen LogP contribution in [0.4, 0.5) is 11.4 Å². The number of allylic oxidation sites excluding steroid dienone is 2. The van der Waals surface area contributed by atoms with Crippen LogP contribution in [0, 0.1) is 12.3 Å². The molecule has 0 aromatic heterocycles. The van der Waals surface area contributed by atoms with Crippen molar-refractivity contribution < 1.29 is 4.74 Å². The molecule has 0 saturated carbocycles. The van der Waals surface area contributed by atoms with Gasteiger partial charge in [0, 0.05) is 31.6 Å². The SMILES string of the molecule is C=C1Oc2cc(N(C)C)c(C)cc2N=C1/C=C(/C)C(C)=N. The van der Waals surface area contributed by atoms with Gasteiger partial charge in [0.15, 0.2) is 5.75 Å². The van der Waals surface area contributed by atoms with Gasteiger partial charge in [0.05, 0.1) is 0 Å². The average molecular weight is 283 g/mol. The van der Waals surface area contributed by atoms with Crippen LogP contribution >= 0.6 is 0 Å². The van der Waals surface area contributed by atoms with E-state index < -0.39 is 0 Å². The first-order valence-electron chi connectivity index (χ1n) is 6.81. The summed E-state index contributed by atoms with van der Waals surface area (Å²) in [6, 6.07) is 3.99. The van der Waals surface area contributed by atoms with Crippen LogP contribution < -0.4 is 9.64 Å². The van der Waals surface area contributed by atoms with Gasteiger partial charge in [-0.15, -0.1) is 0 Å². The summed E-state index contributed by atoms with van der Waals surface area (Å²) in [4.78, 5) is 6.66. The molecular weight excluding hydrogens is 262 g/mol. The molecule has 0 saturated heterocycles. The zero-order valence-corrected chi connectivity index (χ0v) is 13.2. The summed E-state index contributed by atoms with van der Waals surface area (Å²) < 4.78 is 5.80. The maximum Gasteiger partial charge on any atom is 0.155 e. The third kappa shape index (κ3) is 3.05. The predicted octanol–water partition coefficient (Wildman–Crippen LogP) is 4.03. The molecule has 0 atom stereocenters. The molecule has 0 radical (unpaired) electrons. The van der Waals surface area contributed by atoms with Crippen molar-refractivity contribution in [3.8, 4) is 5.75 Å². The van der Waals surface area contributed by atoms with E-state index in [-0.39, 0.29) is 0 Å². The number of fused-ring (bicyclic) bond motifs is 1. The highest BCUT2D eigenvalue weighted by Crippen LogP contribution is 2.38. The summed E-state index contributed by atoms with van der Waals surface area (Å²) in [6.45, 7) is 9.61. The van der Waals surface area contributed by atoms with Gasteiger partial charge < -0.3 is 15.0 Å². The molecule has 0 spiro atoms. The lowest BCUT2D eigenvalue weighted by atomic mass is 10.1. The van der Waals surface area contributed by atoms with Gasteiger partial charge in [-0.05, 0) is 44.1 Å². The Labute approximate surface area is 126 Å². The molecule has 1 aliphatic rings.